The van der Waals surface area contributed by atoms with Gasteiger partial charge in [-0.05, 0) is 60.6 Å². The van der Waals surface area contributed by atoms with Gasteiger partial charge in [-0.25, -0.2) is 0 Å². The number of anilines is 1. The topological polar surface area (TPSA) is 102 Å². The minimum atomic E-state index is -0.593. The normalized spacial score (nSPS) is 15.4. The molecule has 3 N–H and O–H groups in total. The van der Waals surface area contributed by atoms with Crippen LogP contribution in [-0.2, 0) is 14.4 Å². The number of primary amides is 1. The smallest absolute Gasteiger partial charge is 0.270 e. The number of benzene rings is 2. The zero-order chi connectivity index (χ0) is 21.1. The second kappa shape index (κ2) is 8.42. The van der Waals surface area contributed by atoms with Crippen LogP contribution in [0.25, 0.3) is 6.08 Å². The van der Waals surface area contributed by atoms with Crippen LogP contribution in [0.5, 0.6) is 5.75 Å². The molecule has 1 heterocycles. The average Bonchev–Trinajstić information content (AvgIpc) is 2.67. The lowest BCUT2D eigenvalue weighted by molar-refractivity contribution is -0.122. The van der Waals surface area contributed by atoms with Crippen LogP contribution in [0.4, 0.5) is 5.69 Å². The Bertz CT molecular complexity index is 1050. The lowest BCUT2D eigenvalue weighted by Gasteiger charge is -2.30. The van der Waals surface area contributed by atoms with Gasteiger partial charge in [-0.15, -0.1) is 0 Å². The highest BCUT2D eigenvalue weighted by Crippen LogP contribution is 2.29. The first-order valence-electron chi connectivity index (χ1n) is 8.45. The van der Waals surface area contributed by atoms with Crippen molar-refractivity contribution in [2.75, 3.05) is 11.5 Å². The van der Waals surface area contributed by atoms with E-state index in [0.29, 0.717) is 27.6 Å². The van der Waals surface area contributed by atoms with Crippen molar-refractivity contribution in [1.82, 2.24) is 5.32 Å². The van der Waals surface area contributed by atoms with Crippen molar-refractivity contribution in [1.29, 1.82) is 0 Å². The fourth-order valence-corrected chi connectivity index (χ4v) is 3.14. The number of thiocarbonyl (C=S) groups is 1. The summed E-state index contributed by atoms with van der Waals surface area (Å²) in [4.78, 5) is 37.4. The summed E-state index contributed by atoms with van der Waals surface area (Å²) in [6, 6.07) is 11.6. The van der Waals surface area contributed by atoms with Gasteiger partial charge in [0, 0.05) is 5.02 Å². The molecule has 2 aromatic carbocycles. The molecule has 148 valence electrons. The number of rotatable bonds is 5. The van der Waals surface area contributed by atoms with Gasteiger partial charge in [-0.2, -0.15) is 0 Å². The standard InChI is InChI=1S/C20H16ClN3O4S/c1-11-15(21)3-2-4-16(11)24-19(27)14(18(26)23-20(24)29)9-12-5-7-13(8-6-12)28-10-17(22)25/h2-9H,10H2,1H3,(H2,22,25)(H,23,26,29)/b14-9-. The molecule has 2 aromatic rings. The summed E-state index contributed by atoms with van der Waals surface area (Å²) in [6.45, 7) is 1.52. The molecule has 29 heavy (non-hydrogen) atoms. The van der Waals surface area contributed by atoms with Gasteiger partial charge in [0.25, 0.3) is 17.7 Å². The predicted octanol–water partition coefficient (Wildman–Crippen LogP) is 2.34. The first kappa shape index (κ1) is 20.5. The van der Waals surface area contributed by atoms with E-state index in [1.165, 1.54) is 11.0 Å². The Kier molecular flexibility index (Phi) is 5.95. The Hall–Kier alpha value is -3.23. The molecular formula is C20H16ClN3O4S. The first-order chi connectivity index (χ1) is 13.8. The summed E-state index contributed by atoms with van der Waals surface area (Å²) in [5, 5.41) is 2.99. The molecule has 1 fully saturated rings. The molecule has 0 bridgehead atoms. The van der Waals surface area contributed by atoms with Crippen molar-refractivity contribution in [3.63, 3.8) is 0 Å². The van der Waals surface area contributed by atoms with Crippen LogP contribution in [0.3, 0.4) is 0 Å². The van der Waals surface area contributed by atoms with Gasteiger partial charge in [0.05, 0.1) is 5.69 Å². The number of nitrogens with one attached hydrogen (secondary N) is 1. The number of carbonyl (C=O) groups is 3. The number of nitrogens with two attached hydrogens (primary N) is 1. The van der Waals surface area contributed by atoms with Crippen molar-refractivity contribution < 1.29 is 19.1 Å². The molecule has 0 spiro atoms. The number of hydrogen-bond donors (Lipinski definition) is 2. The molecule has 3 rings (SSSR count). The summed E-state index contributed by atoms with van der Waals surface area (Å²) in [5.41, 5.74) is 6.70. The maximum Gasteiger partial charge on any atom is 0.270 e. The zero-order valence-corrected chi connectivity index (χ0v) is 16.8. The van der Waals surface area contributed by atoms with E-state index in [-0.39, 0.29) is 17.3 Å². The van der Waals surface area contributed by atoms with E-state index < -0.39 is 17.7 Å². The van der Waals surface area contributed by atoms with Crippen molar-refractivity contribution in [3.05, 3.63) is 64.2 Å². The molecule has 7 nitrogen and oxygen atoms in total. The van der Waals surface area contributed by atoms with E-state index in [9.17, 15) is 14.4 Å². The monoisotopic (exact) mass is 429 g/mol. The zero-order valence-electron chi connectivity index (χ0n) is 15.3. The lowest BCUT2D eigenvalue weighted by atomic mass is 10.1. The van der Waals surface area contributed by atoms with Gasteiger partial charge < -0.3 is 10.5 Å². The molecule has 0 saturated carbocycles. The number of halogens is 1. The fourth-order valence-electron chi connectivity index (χ4n) is 2.70. The van der Waals surface area contributed by atoms with Gasteiger partial charge in [-0.3, -0.25) is 24.6 Å². The number of hydrogen-bond acceptors (Lipinski definition) is 5. The minimum Gasteiger partial charge on any atom is -0.484 e. The minimum absolute atomic E-state index is 0.0160. The molecular weight excluding hydrogens is 414 g/mol. The highest BCUT2D eigenvalue weighted by molar-refractivity contribution is 7.80. The Morgan fingerprint density at radius 1 is 1.24 bits per heavy atom. The fraction of sp³-hybridized carbons (Fsp3) is 0.100. The van der Waals surface area contributed by atoms with Crippen LogP contribution in [0.1, 0.15) is 11.1 Å². The Morgan fingerprint density at radius 2 is 1.93 bits per heavy atom. The second-order valence-electron chi connectivity index (χ2n) is 6.17. The van der Waals surface area contributed by atoms with E-state index in [0.717, 1.165) is 0 Å². The van der Waals surface area contributed by atoms with Gasteiger partial charge in [0.1, 0.15) is 11.3 Å². The molecule has 1 aliphatic heterocycles. The van der Waals surface area contributed by atoms with E-state index in [2.05, 4.69) is 5.32 Å². The molecule has 0 aromatic heterocycles. The molecule has 0 atom stereocenters. The number of ether oxygens (including phenoxy) is 1. The highest BCUT2D eigenvalue weighted by atomic mass is 35.5. The van der Waals surface area contributed by atoms with E-state index in [4.69, 9.17) is 34.3 Å². The van der Waals surface area contributed by atoms with Gasteiger partial charge >= 0.3 is 0 Å². The van der Waals surface area contributed by atoms with Crippen LogP contribution in [-0.4, -0.2) is 29.4 Å². The van der Waals surface area contributed by atoms with Crippen molar-refractivity contribution in [2.24, 2.45) is 5.73 Å². The molecule has 0 radical (unpaired) electrons. The highest BCUT2D eigenvalue weighted by Gasteiger charge is 2.35. The quantitative estimate of drug-likeness (QED) is 0.431. The Balaban J connectivity index is 1.91. The Morgan fingerprint density at radius 3 is 2.59 bits per heavy atom. The van der Waals surface area contributed by atoms with E-state index in [1.807, 2.05) is 0 Å². The summed E-state index contributed by atoms with van der Waals surface area (Å²) in [5.74, 6) is -1.31. The van der Waals surface area contributed by atoms with Crippen LogP contribution < -0.4 is 20.7 Å². The molecule has 3 amide bonds. The Labute approximate surface area is 177 Å². The third-order valence-corrected chi connectivity index (χ3v) is 4.85. The van der Waals surface area contributed by atoms with Crippen LogP contribution in [0.15, 0.2) is 48.0 Å². The number of nitrogens with zero attached hydrogens (tertiary/aromatic N) is 1. The van der Waals surface area contributed by atoms with Gasteiger partial charge in [-0.1, -0.05) is 29.8 Å². The van der Waals surface area contributed by atoms with Crippen LogP contribution in [0.2, 0.25) is 5.02 Å². The maximum absolute atomic E-state index is 13.0. The molecule has 0 unspecified atom stereocenters. The van der Waals surface area contributed by atoms with E-state index in [1.54, 1.807) is 49.4 Å². The largest absolute Gasteiger partial charge is 0.484 e. The van der Waals surface area contributed by atoms with Crippen molar-refractivity contribution in [2.45, 2.75) is 6.92 Å². The second-order valence-corrected chi connectivity index (χ2v) is 6.96. The number of amides is 3. The van der Waals surface area contributed by atoms with Crippen LogP contribution >= 0.6 is 23.8 Å². The van der Waals surface area contributed by atoms with Crippen molar-refractivity contribution >= 4 is 58.4 Å². The van der Waals surface area contributed by atoms with E-state index >= 15 is 0 Å². The molecule has 1 saturated heterocycles. The first-order valence-corrected chi connectivity index (χ1v) is 9.24. The predicted molar refractivity (Wildman–Crippen MR) is 114 cm³/mol. The van der Waals surface area contributed by atoms with Gasteiger partial charge in [0.15, 0.2) is 11.7 Å². The number of carbonyl (C=O) groups excluding carboxylic acids is 3. The lowest BCUT2D eigenvalue weighted by Crippen LogP contribution is -2.54. The molecule has 0 aliphatic carbocycles. The van der Waals surface area contributed by atoms with Crippen LogP contribution in [0, 0.1) is 6.92 Å². The third kappa shape index (κ3) is 4.44. The summed E-state index contributed by atoms with van der Waals surface area (Å²) >= 11 is 11.4. The third-order valence-electron chi connectivity index (χ3n) is 4.15. The maximum atomic E-state index is 13.0. The van der Waals surface area contributed by atoms with Gasteiger partial charge in [0.2, 0.25) is 0 Å². The summed E-state index contributed by atoms with van der Waals surface area (Å²) < 4.78 is 5.19. The molecule has 1 aliphatic rings. The van der Waals surface area contributed by atoms with Crippen molar-refractivity contribution in [3.8, 4) is 5.75 Å². The average molecular weight is 430 g/mol. The summed E-state index contributed by atoms with van der Waals surface area (Å²) in [7, 11) is 0. The SMILES string of the molecule is Cc1c(Cl)cccc1N1C(=O)/C(=C\c2ccc(OCC(N)=O)cc2)C(=O)NC1=S. The summed E-state index contributed by atoms with van der Waals surface area (Å²) in [6.07, 6.45) is 1.45. The molecule has 9 heteroatoms.